The van der Waals surface area contributed by atoms with Crippen LogP contribution < -0.4 is 4.72 Å². The number of sulfonamides is 1. The standard InChI is InChI=1S/C20H14N4O6S/c1-30-20(25)15-3-2-4-17-19(15)22-16-10-5-12(11-18(16)21-17)23-31(28,29)14-8-6-13(7-9-14)24(26)27/h2-11,23H,1H3. The summed E-state index contributed by atoms with van der Waals surface area (Å²) in [7, 11) is -2.69. The number of esters is 1. The molecule has 1 N–H and O–H groups in total. The fourth-order valence-electron chi connectivity index (χ4n) is 3.00. The van der Waals surface area contributed by atoms with Crippen LogP contribution >= 0.6 is 0 Å². The maximum Gasteiger partial charge on any atom is 0.340 e. The molecule has 0 aliphatic rings. The molecule has 4 rings (SSSR count). The van der Waals surface area contributed by atoms with Gasteiger partial charge in [0.05, 0.1) is 44.7 Å². The molecule has 156 valence electrons. The lowest BCUT2D eigenvalue weighted by atomic mass is 10.1. The van der Waals surface area contributed by atoms with Gasteiger partial charge in [-0.2, -0.15) is 0 Å². The molecular formula is C20H14N4O6S. The third kappa shape index (κ3) is 3.85. The molecule has 4 aromatic rings. The number of nitro benzene ring substituents is 1. The highest BCUT2D eigenvalue weighted by Crippen LogP contribution is 2.24. The van der Waals surface area contributed by atoms with Crippen LogP contribution in [0.5, 0.6) is 0 Å². The Bertz CT molecular complexity index is 1450. The lowest BCUT2D eigenvalue weighted by Gasteiger charge is -2.10. The van der Waals surface area contributed by atoms with Crippen LogP contribution in [0.4, 0.5) is 11.4 Å². The smallest absolute Gasteiger partial charge is 0.340 e. The average molecular weight is 438 g/mol. The van der Waals surface area contributed by atoms with E-state index in [1.807, 2.05) is 0 Å². The number of benzene rings is 3. The van der Waals surface area contributed by atoms with Gasteiger partial charge >= 0.3 is 5.97 Å². The second kappa shape index (κ2) is 7.61. The number of aromatic nitrogens is 2. The van der Waals surface area contributed by atoms with Crippen LogP contribution in [0, 0.1) is 10.1 Å². The predicted octanol–water partition coefficient (Wildman–Crippen LogP) is 3.28. The highest BCUT2D eigenvalue weighted by atomic mass is 32.2. The Morgan fingerprint density at radius 2 is 1.74 bits per heavy atom. The number of para-hydroxylation sites is 1. The number of fused-ring (bicyclic) bond motifs is 2. The van der Waals surface area contributed by atoms with Gasteiger partial charge in [0, 0.05) is 12.1 Å². The van der Waals surface area contributed by atoms with Crippen molar-refractivity contribution in [3.05, 3.63) is 76.3 Å². The van der Waals surface area contributed by atoms with E-state index < -0.39 is 20.9 Å². The molecule has 1 heterocycles. The van der Waals surface area contributed by atoms with Crippen LogP contribution in [0.2, 0.25) is 0 Å². The van der Waals surface area contributed by atoms with Gasteiger partial charge in [-0.1, -0.05) is 6.07 Å². The Morgan fingerprint density at radius 1 is 1.00 bits per heavy atom. The Labute approximate surface area is 175 Å². The van der Waals surface area contributed by atoms with Crippen molar-refractivity contribution in [1.29, 1.82) is 0 Å². The first-order valence-corrected chi connectivity index (χ1v) is 10.3. The quantitative estimate of drug-likeness (QED) is 0.217. The maximum absolute atomic E-state index is 12.6. The molecule has 0 radical (unpaired) electrons. The summed E-state index contributed by atoms with van der Waals surface area (Å²) in [6.07, 6.45) is 0. The molecule has 0 saturated heterocycles. The molecular weight excluding hydrogens is 424 g/mol. The number of ether oxygens (including phenoxy) is 1. The first-order valence-electron chi connectivity index (χ1n) is 8.84. The van der Waals surface area contributed by atoms with Gasteiger partial charge in [-0.3, -0.25) is 14.8 Å². The van der Waals surface area contributed by atoms with Crippen molar-refractivity contribution >= 4 is 49.4 Å². The molecule has 0 unspecified atom stereocenters. The van der Waals surface area contributed by atoms with Crippen molar-refractivity contribution < 1.29 is 22.9 Å². The molecule has 0 spiro atoms. The highest BCUT2D eigenvalue weighted by molar-refractivity contribution is 7.92. The fourth-order valence-corrected chi connectivity index (χ4v) is 4.05. The van der Waals surface area contributed by atoms with E-state index in [0.717, 1.165) is 24.3 Å². The van der Waals surface area contributed by atoms with Gasteiger partial charge in [0.2, 0.25) is 0 Å². The van der Waals surface area contributed by atoms with Gasteiger partial charge in [-0.25, -0.2) is 23.2 Å². The Kier molecular flexibility index (Phi) is 4.95. The van der Waals surface area contributed by atoms with Crippen LogP contribution in [0.25, 0.3) is 22.1 Å². The van der Waals surface area contributed by atoms with Gasteiger partial charge in [0.15, 0.2) is 0 Å². The van der Waals surface area contributed by atoms with Gasteiger partial charge in [0.1, 0.15) is 5.52 Å². The Morgan fingerprint density at radius 3 is 2.42 bits per heavy atom. The minimum absolute atomic E-state index is 0.120. The molecule has 0 bridgehead atoms. The van der Waals surface area contributed by atoms with E-state index in [9.17, 15) is 23.3 Å². The van der Waals surface area contributed by atoms with Crippen molar-refractivity contribution in [3.63, 3.8) is 0 Å². The first kappa shape index (κ1) is 20.2. The topological polar surface area (TPSA) is 141 Å². The van der Waals surface area contributed by atoms with Crippen LogP contribution in [-0.2, 0) is 14.8 Å². The number of hydrogen-bond acceptors (Lipinski definition) is 8. The fraction of sp³-hybridized carbons (Fsp3) is 0.0500. The van der Waals surface area contributed by atoms with Crippen molar-refractivity contribution in [1.82, 2.24) is 9.97 Å². The molecule has 10 nitrogen and oxygen atoms in total. The third-order valence-electron chi connectivity index (χ3n) is 4.48. The van der Waals surface area contributed by atoms with Gasteiger partial charge in [0.25, 0.3) is 15.7 Å². The summed E-state index contributed by atoms with van der Waals surface area (Å²) in [5.74, 6) is -0.535. The predicted molar refractivity (Wildman–Crippen MR) is 112 cm³/mol. The molecule has 0 aliphatic carbocycles. The summed E-state index contributed by atoms with van der Waals surface area (Å²) in [5, 5.41) is 10.7. The SMILES string of the molecule is COC(=O)c1cccc2nc3cc(NS(=O)(=O)c4ccc([N+](=O)[O-])cc4)ccc3nc12. The summed E-state index contributed by atoms with van der Waals surface area (Å²) < 4.78 is 32.4. The third-order valence-corrected chi connectivity index (χ3v) is 5.88. The van der Waals surface area contributed by atoms with Crippen molar-refractivity contribution in [2.75, 3.05) is 11.8 Å². The maximum atomic E-state index is 12.6. The van der Waals surface area contributed by atoms with Crippen LogP contribution in [0.1, 0.15) is 10.4 Å². The number of rotatable bonds is 5. The number of methoxy groups -OCH3 is 1. The number of anilines is 1. The Hall–Kier alpha value is -4.12. The zero-order valence-electron chi connectivity index (χ0n) is 16.0. The van der Waals surface area contributed by atoms with Crippen molar-refractivity contribution in [2.24, 2.45) is 0 Å². The number of nitrogens with one attached hydrogen (secondary N) is 1. The molecule has 0 fully saturated rings. The zero-order valence-corrected chi connectivity index (χ0v) is 16.8. The number of hydrogen-bond donors (Lipinski definition) is 1. The molecule has 1 aromatic heterocycles. The monoisotopic (exact) mass is 438 g/mol. The first-order chi connectivity index (χ1) is 14.8. The molecule has 31 heavy (non-hydrogen) atoms. The summed E-state index contributed by atoms with van der Waals surface area (Å²) in [6.45, 7) is 0. The van der Waals surface area contributed by atoms with Gasteiger partial charge < -0.3 is 4.74 Å². The van der Waals surface area contributed by atoms with E-state index in [0.29, 0.717) is 22.1 Å². The molecule has 3 aromatic carbocycles. The molecule has 0 saturated carbocycles. The van der Waals surface area contributed by atoms with Crippen LogP contribution in [0.15, 0.2) is 65.6 Å². The summed E-state index contributed by atoms with van der Waals surface area (Å²) >= 11 is 0. The second-order valence-corrected chi connectivity index (χ2v) is 8.13. The van der Waals surface area contributed by atoms with E-state index in [-0.39, 0.29) is 21.8 Å². The lowest BCUT2D eigenvalue weighted by Crippen LogP contribution is -2.13. The lowest BCUT2D eigenvalue weighted by molar-refractivity contribution is -0.384. The minimum atomic E-state index is -3.97. The minimum Gasteiger partial charge on any atom is -0.465 e. The van der Waals surface area contributed by atoms with Gasteiger partial charge in [-0.05, 0) is 42.5 Å². The summed E-state index contributed by atoms with van der Waals surface area (Å²) in [4.78, 5) is 30.9. The van der Waals surface area contributed by atoms with E-state index in [1.165, 1.54) is 19.2 Å². The number of nitrogens with zero attached hydrogens (tertiary/aromatic N) is 3. The molecule has 11 heteroatoms. The normalized spacial score (nSPS) is 11.4. The Balaban J connectivity index is 1.71. The van der Waals surface area contributed by atoms with E-state index in [1.54, 1.807) is 24.3 Å². The molecule has 0 atom stereocenters. The highest BCUT2D eigenvalue weighted by Gasteiger charge is 2.17. The van der Waals surface area contributed by atoms with E-state index >= 15 is 0 Å². The van der Waals surface area contributed by atoms with Crippen molar-refractivity contribution in [3.8, 4) is 0 Å². The van der Waals surface area contributed by atoms with Crippen LogP contribution in [0.3, 0.4) is 0 Å². The number of carbonyl (C=O) groups excluding carboxylic acids is 1. The zero-order chi connectivity index (χ0) is 22.2. The molecule has 0 aliphatic heterocycles. The number of carbonyl (C=O) groups is 1. The number of nitro groups is 1. The van der Waals surface area contributed by atoms with E-state index in [2.05, 4.69) is 14.7 Å². The summed E-state index contributed by atoms with van der Waals surface area (Å²) in [6, 6.07) is 14.1. The number of non-ortho nitro benzene ring substituents is 1. The van der Waals surface area contributed by atoms with Crippen LogP contribution in [-0.4, -0.2) is 36.4 Å². The molecule has 0 amide bonds. The largest absolute Gasteiger partial charge is 0.465 e. The van der Waals surface area contributed by atoms with E-state index in [4.69, 9.17) is 4.74 Å². The van der Waals surface area contributed by atoms with Crippen molar-refractivity contribution in [2.45, 2.75) is 4.90 Å². The summed E-state index contributed by atoms with van der Waals surface area (Å²) in [5.41, 5.74) is 2.01. The average Bonchev–Trinajstić information content (AvgIpc) is 2.76. The second-order valence-electron chi connectivity index (χ2n) is 6.45. The van der Waals surface area contributed by atoms with Gasteiger partial charge in [-0.15, -0.1) is 0 Å².